The average molecular weight is 457 g/mol. The summed E-state index contributed by atoms with van der Waals surface area (Å²) in [6.07, 6.45) is 3.62. The summed E-state index contributed by atoms with van der Waals surface area (Å²) in [5, 5.41) is 0.647. The van der Waals surface area contributed by atoms with Gasteiger partial charge in [-0.15, -0.1) is 0 Å². The molecule has 2 fully saturated rings. The molecule has 5 nitrogen and oxygen atoms in total. The van der Waals surface area contributed by atoms with Gasteiger partial charge in [0.15, 0.2) is 5.78 Å². The SMILES string of the molecule is COc1cc(N2CCN3C(CCC[C@@H]3c3ccc(OCC(C)=O)c(C)c3C)C2)ccc1Cl. The van der Waals surface area contributed by atoms with E-state index in [0.717, 1.165) is 36.7 Å². The van der Waals surface area contributed by atoms with E-state index < -0.39 is 0 Å². The second-order valence-electron chi connectivity index (χ2n) is 9.00. The molecule has 0 radical (unpaired) electrons. The second-order valence-corrected chi connectivity index (χ2v) is 9.40. The third-order valence-electron chi connectivity index (χ3n) is 7.01. The van der Waals surface area contributed by atoms with Crippen LogP contribution < -0.4 is 14.4 Å². The predicted molar refractivity (Wildman–Crippen MR) is 129 cm³/mol. The molecule has 1 unspecified atom stereocenters. The van der Waals surface area contributed by atoms with Crippen LogP contribution in [0.5, 0.6) is 11.5 Å². The van der Waals surface area contributed by atoms with E-state index >= 15 is 0 Å². The first kappa shape index (κ1) is 22.9. The van der Waals surface area contributed by atoms with Crippen molar-refractivity contribution in [2.45, 2.75) is 52.1 Å². The van der Waals surface area contributed by atoms with E-state index in [-0.39, 0.29) is 12.4 Å². The summed E-state index contributed by atoms with van der Waals surface area (Å²) in [6.45, 7) is 8.99. The van der Waals surface area contributed by atoms with Crippen LogP contribution in [-0.2, 0) is 4.79 Å². The largest absolute Gasteiger partial charge is 0.495 e. The van der Waals surface area contributed by atoms with Gasteiger partial charge in [0.05, 0.1) is 12.1 Å². The van der Waals surface area contributed by atoms with Crippen molar-refractivity contribution in [3.05, 3.63) is 52.0 Å². The van der Waals surface area contributed by atoms with Crippen LogP contribution in [0.25, 0.3) is 0 Å². The third-order valence-corrected chi connectivity index (χ3v) is 7.32. The number of carbonyl (C=O) groups is 1. The lowest BCUT2D eigenvalue weighted by Crippen LogP contribution is -2.56. The van der Waals surface area contributed by atoms with Crippen LogP contribution in [0.3, 0.4) is 0 Å². The molecule has 2 saturated heterocycles. The van der Waals surface area contributed by atoms with Crippen LogP contribution in [0.15, 0.2) is 30.3 Å². The van der Waals surface area contributed by atoms with Crippen LogP contribution >= 0.6 is 11.6 Å². The zero-order valence-corrected chi connectivity index (χ0v) is 20.2. The van der Waals surface area contributed by atoms with Crippen molar-refractivity contribution in [3.8, 4) is 11.5 Å². The molecule has 0 N–H and O–H groups in total. The molecule has 2 heterocycles. The maximum absolute atomic E-state index is 11.3. The maximum atomic E-state index is 11.3. The normalized spacial score (nSPS) is 21.2. The quantitative estimate of drug-likeness (QED) is 0.586. The number of anilines is 1. The zero-order valence-electron chi connectivity index (χ0n) is 19.5. The Hall–Kier alpha value is -2.24. The van der Waals surface area contributed by atoms with Gasteiger partial charge in [0.25, 0.3) is 0 Å². The van der Waals surface area contributed by atoms with E-state index in [9.17, 15) is 4.79 Å². The summed E-state index contributed by atoms with van der Waals surface area (Å²) in [5.74, 6) is 1.58. The standard InChI is InChI=1S/C26H33ClN2O3/c1-17(30)16-32-25-11-9-22(18(2)19(25)3)24-7-5-6-21-15-28(12-13-29(21)24)20-8-10-23(27)26(14-20)31-4/h8-11,14,21,24H,5-7,12-13,15-16H2,1-4H3/t21?,24-/m1/s1. The van der Waals surface area contributed by atoms with E-state index in [1.165, 1.54) is 36.1 Å². The van der Waals surface area contributed by atoms with E-state index in [1.54, 1.807) is 14.0 Å². The number of nitrogens with zero attached hydrogens (tertiary/aromatic N) is 2. The number of piperidine rings is 1. The predicted octanol–water partition coefficient (Wildman–Crippen LogP) is 5.35. The number of ether oxygens (including phenoxy) is 2. The number of hydrogen-bond acceptors (Lipinski definition) is 5. The van der Waals surface area contributed by atoms with Gasteiger partial charge in [-0.25, -0.2) is 0 Å². The van der Waals surface area contributed by atoms with Crippen molar-refractivity contribution in [1.82, 2.24) is 4.90 Å². The molecule has 0 saturated carbocycles. The van der Waals surface area contributed by atoms with Crippen molar-refractivity contribution in [1.29, 1.82) is 0 Å². The number of halogens is 1. The third kappa shape index (κ3) is 4.60. The number of piperazine rings is 1. The molecule has 0 bridgehead atoms. The molecule has 32 heavy (non-hydrogen) atoms. The molecule has 0 aliphatic carbocycles. The highest BCUT2D eigenvalue weighted by Crippen LogP contribution is 2.40. The smallest absolute Gasteiger partial charge is 0.167 e. The minimum absolute atomic E-state index is 0.0393. The Morgan fingerprint density at radius 3 is 2.66 bits per heavy atom. The van der Waals surface area contributed by atoms with Crippen molar-refractivity contribution in [2.75, 3.05) is 38.3 Å². The lowest BCUT2D eigenvalue weighted by molar-refractivity contribution is -0.118. The molecular weight excluding hydrogens is 424 g/mol. The van der Waals surface area contributed by atoms with Crippen LogP contribution in [0.1, 0.15) is 48.9 Å². The number of ketones is 1. The van der Waals surface area contributed by atoms with Crippen molar-refractivity contribution in [3.63, 3.8) is 0 Å². The van der Waals surface area contributed by atoms with Crippen molar-refractivity contribution >= 4 is 23.1 Å². The van der Waals surface area contributed by atoms with Gasteiger partial charge in [0.2, 0.25) is 0 Å². The highest BCUT2D eigenvalue weighted by Gasteiger charge is 2.36. The topological polar surface area (TPSA) is 42.0 Å². The molecule has 2 aromatic rings. The highest BCUT2D eigenvalue weighted by molar-refractivity contribution is 6.32. The molecule has 0 amide bonds. The van der Waals surface area contributed by atoms with Gasteiger partial charge < -0.3 is 14.4 Å². The fourth-order valence-electron chi connectivity index (χ4n) is 5.18. The number of carbonyl (C=O) groups excluding carboxylic acids is 1. The van der Waals surface area contributed by atoms with Gasteiger partial charge in [-0.2, -0.15) is 0 Å². The molecule has 2 aliphatic heterocycles. The Morgan fingerprint density at radius 2 is 1.91 bits per heavy atom. The number of rotatable bonds is 6. The molecule has 6 heteroatoms. The summed E-state index contributed by atoms with van der Waals surface area (Å²) in [5.41, 5.74) is 4.98. The Labute approximate surface area is 196 Å². The molecule has 0 spiro atoms. The van der Waals surface area contributed by atoms with Crippen LogP contribution in [-0.4, -0.2) is 50.1 Å². The van der Waals surface area contributed by atoms with E-state index in [4.69, 9.17) is 21.1 Å². The number of benzene rings is 2. The highest BCUT2D eigenvalue weighted by atomic mass is 35.5. The maximum Gasteiger partial charge on any atom is 0.167 e. The molecule has 2 aromatic carbocycles. The monoisotopic (exact) mass is 456 g/mol. The number of hydrogen-bond donors (Lipinski definition) is 0. The van der Waals surface area contributed by atoms with Gasteiger partial charge in [0.1, 0.15) is 18.1 Å². The number of fused-ring (bicyclic) bond motifs is 1. The summed E-state index contributed by atoms with van der Waals surface area (Å²) in [4.78, 5) is 16.5. The fourth-order valence-corrected chi connectivity index (χ4v) is 5.37. The first-order valence-corrected chi connectivity index (χ1v) is 11.8. The number of methoxy groups -OCH3 is 1. The van der Waals surface area contributed by atoms with Gasteiger partial charge in [-0.05, 0) is 74.9 Å². The number of Topliss-reactive ketones (excluding diaryl/α,β-unsaturated/α-hetero) is 1. The van der Waals surface area contributed by atoms with Crippen LogP contribution in [0, 0.1) is 13.8 Å². The summed E-state index contributed by atoms with van der Waals surface area (Å²) in [7, 11) is 1.66. The Bertz CT molecular complexity index is 993. The first-order chi connectivity index (χ1) is 15.4. The summed E-state index contributed by atoms with van der Waals surface area (Å²) in [6, 6.07) is 11.3. The van der Waals surface area contributed by atoms with E-state index in [2.05, 4.69) is 35.8 Å². The van der Waals surface area contributed by atoms with Gasteiger partial charge in [-0.3, -0.25) is 9.69 Å². The van der Waals surface area contributed by atoms with E-state index in [1.807, 2.05) is 18.2 Å². The molecular formula is C26H33ClN2O3. The first-order valence-electron chi connectivity index (χ1n) is 11.5. The molecule has 2 aliphatic rings. The minimum Gasteiger partial charge on any atom is -0.495 e. The zero-order chi connectivity index (χ0) is 22.8. The fraction of sp³-hybridized carbons (Fsp3) is 0.500. The summed E-state index contributed by atoms with van der Waals surface area (Å²) >= 11 is 6.23. The molecule has 4 rings (SSSR count). The van der Waals surface area contributed by atoms with E-state index in [0.29, 0.717) is 17.1 Å². The molecule has 172 valence electrons. The lowest BCUT2D eigenvalue weighted by Gasteiger charge is -2.49. The minimum atomic E-state index is 0.0393. The van der Waals surface area contributed by atoms with Gasteiger partial charge >= 0.3 is 0 Å². The van der Waals surface area contributed by atoms with Gasteiger partial charge in [-0.1, -0.05) is 17.7 Å². The molecule has 2 atom stereocenters. The second kappa shape index (κ2) is 9.72. The van der Waals surface area contributed by atoms with Gasteiger partial charge in [0, 0.05) is 43.5 Å². The molecule has 0 aromatic heterocycles. The Balaban J connectivity index is 1.52. The van der Waals surface area contributed by atoms with Crippen molar-refractivity contribution < 1.29 is 14.3 Å². The van der Waals surface area contributed by atoms with Crippen molar-refractivity contribution in [2.24, 2.45) is 0 Å². The van der Waals surface area contributed by atoms with Crippen LogP contribution in [0.4, 0.5) is 5.69 Å². The van der Waals surface area contributed by atoms with Crippen LogP contribution in [0.2, 0.25) is 5.02 Å². The average Bonchev–Trinajstić information content (AvgIpc) is 2.79. The Kier molecular flexibility index (Phi) is 6.96. The summed E-state index contributed by atoms with van der Waals surface area (Å²) < 4.78 is 11.2. The Morgan fingerprint density at radius 1 is 1.09 bits per heavy atom. The lowest BCUT2D eigenvalue weighted by atomic mass is 9.86.